The molecule has 1 fully saturated rings. The molecule has 0 bridgehead atoms. The van der Waals surface area contributed by atoms with E-state index >= 15 is 0 Å². The first-order valence-electron chi connectivity index (χ1n) is 4.91. The molecular formula is C10H14N2O2. The summed E-state index contributed by atoms with van der Waals surface area (Å²) < 4.78 is 5.14. The Morgan fingerprint density at radius 3 is 3.07 bits per heavy atom. The first-order valence-corrected chi connectivity index (χ1v) is 4.91. The summed E-state index contributed by atoms with van der Waals surface area (Å²) in [5.41, 5.74) is 0. The number of urea groups is 1. The molecule has 1 aromatic rings. The maximum absolute atomic E-state index is 11.2. The summed E-state index contributed by atoms with van der Waals surface area (Å²) in [6.45, 7) is 0.617. The number of furan rings is 1. The molecule has 1 aromatic heterocycles. The van der Waals surface area contributed by atoms with Crippen molar-refractivity contribution in [2.75, 3.05) is 6.54 Å². The van der Waals surface area contributed by atoms with E-state index < -0.39 is 0 Å². The number of carbonyl (C=O) groups is 1. The molecule has 4 heteroatoms. The molecule has 76 valence electrons. The number of hydrogen-bond acceptors (Lipinski definition) is 2. The number of rotatable bonds is 4. The van der Waals surface area contributed by atoms with E-state index in [0.717, 1.165) is 25.0 Å². The van der Waals surface area contributed by atoms with Crippen LogP contribution < -0.4 is 10.6 Å². The molecular weight excluding hydrogens is 180 g/mol. The van der Waals surface area contributed by atoms with E-state index in [1.165, 1.54) is 0 Å². The van der Waals surface area contributed by atoms with E-state index in [-0.39, 0.29) is 6.03 Å². The number of hydrogen-bond donors (Lipinski definition) is 2. The van der Waals surface area contributed by atoms with E-state index in [1.54, 1.807) is 6.26 Å². The third kappa shape index (κ3) is 2.80. The first kappa shape index (κ1) is 9.12. The van der Waals surface area contributed by atoms with Crippen LogP contribution in [-0.4, -0.2) is 18.6 Å². The molecule has 1 aliphatic rings. The highest BCUT2D eigenvalue weighted by molar-refractivity contribution is 5.74. The van der Waals surface area contributed by atoms with Crippen LogP contribution in [0.15, 0.2) is 22.8 Å². The van der Waals surface area contributed by atoms with Crippen LogP contribution in [0.2, 0.25) is 0 Å². The number of amides is 2. The van der Waals surface area contributed by atoms with E-state index in [2.05, 4.69) is 10.6 Å². The standard InChI is InChI=1S/C10H14N2O2/c13-10(12-8-3-4-8)11-6-5-9-2-1-7-14-9/h1-2,7-8H,3-6H2,(H2,11,12,13). The minimum absolute atomic E-state index is 0.0703. The molecule has 1 heterocycles. The Morgan fingerprint density at radius 2 is 2.43 bits per heavy atom. The Hall–Kier alpha value is -1.45. The Morgan fingerprint density at radius 1 is 1.57 bits per heavy atom. The van der Waals surface area contributed by atoms with Crippen LogP contribution in [0.5, 0.6) is 0 Å². The van der Waals surface area contributed by atoms with Crippen molar-refractivity contribution in [3.05, 3.63) is 24.2 Å². The van der Waals surface area contributed by atoms with Gasteiger partial charge in [0.15, 0.2) is 0 Å². The van der Waals surface area contributed by atoms with Gasteiger partial charge in [-0.3, -0.25) is 0 Å². The van der Waals surface area contributed by atoms with E-state index in [0.29, 0.717) is 12.6 Å². The van der Waals surface area contributed by atoms with Crippen LogP contribution in [0, 0.1) is 0 Å². The highest BCUT2D eigenvalue weighted by Crippen LogP contribution is 2.18. The van der Waals surface area contributed by atoms with Gasteiger partial charge >= 0.3 is 6.03 Å². The molecule has 1 aliphatic carbocycles. The second-order valence-corrected chi connectivity index (χ2v) is 3.50. The van der Waals surface area contributed by atoms with Crippen molar-refractivity contribution < 1.29 is 9.21 Å². The third-order valence-electron chi connectivity index (χ3n) is 2.15. The van der Waals surface area contributed by atoms with Gasteiger partial charge in [0.25, 0.3) is 0 Å². The van der Waals surface area contributed by atoms with Crippen LogP contribution in [0.4, 0.5) is 4.79 Å². The Kier molecular flexibility index (Phi) is 2.72. The fraction of sp³-hybridized carbons (Fsp3) is 0.500. The van der Waals surface area contributed by atoms with Gasteiger partial charge in [0.2, 0.25) is 0 Å². The van der Waals surface area contributed by atoms with Crippen LogP contribution >= 0.6 is 0 Å². The SMILES string of the molecule is O=C(NCCc1ccco1)NC1CC1. The van der Waals surface area contributed by atoms with Gasteiger partial charge in [-0.1, -0.05) is 0 Å². The number of carbonyl (C=O) groups excluding carboxylic acids is 1. The van der Waals surface area contributed by atoms with Gasteiger partial charge in [0, 0.05) is 19.0 Å². The summed E-state index contributed by atoms with van der Waals surface area (Å²) in [7, 11) is 0. The van der Waals surface area contributed by atoms with Crippen molar-refractivity contribution in [2.45, 2.75) is 25.3 Å². The Bertz CT molecular complexity index is 291. The van der Waals surface area contributed by atoms with Gasteiger partial charge in [-0.05, 0) is 25.0 Å². The molecule has 2 rings (SSSR count). The topological polar surface area (TPSA) is 54.3 Å². The molecule has 0 aromatic carbocycles. The molecule has 2 amide bonds. The molecule has 2 N–H and O–H groups in total. The summed E-state index contributed by atoms with van der Waals surface area (Å²) >= 11 is 0. The summed E-state index contributed by atoms with van der Waals surface area (Å²) in [5, 5.41) is 5.64. The average molecular weight is 194 g/mol. The Balaban J connectivity index is 1.60. The lowest BCUT2D eigenvalue weighted by Gasteiger charge is -2.04. The van der Waals surface area contributed by atoms with Gasteiger partial charge in [-0.15, -0.1) is 0 Å². The van der Waals surface area contributed by atoms with Gasteiger partial charge in [0.05, 0.1) is 6.26 Å². The lowest BCUT2D eigenvalue weighted by Crippen LogP contribution is -2.37. The first-order chi connectivity index (χ1) is 6.84. The second kappa shape index (κ2) is 4.17. The van der Waals surface area contributed by atoms with Crippen molar-refractivity contribution in [2.24, 2.45) is 0 Å². The largest absolute Gasteiger partial charge is 0.469 e. The molecule has 1 saturated carbocycles. The molecule has 0 spiro atoms. The second-order valence-electron chi connectivity index (χ2n) is 3.50. The predicted molar refractivity (Wildman–Crippen MR) is 52.0 cm³/mol. The van der Waals surface area contributed by atoms with Gasteiger partial charge in [-0.25, -0.2) is 4.79 Å². The highest BCUT2D eigenvalue weighted by Gasteiger charge is 2.22. The van der Waals surface area contributed by atoms with Crippen molar-refractivity contribution in [1.29, 1.82) is 0 Å². The lowest BCUT2D eigenvalue weighted by molar-refractivity contribution is 0.240. The highest BCUT2D eigenvalue weighted by atomic mass is 16.3. The van der Waals surface area contributed by atoms with Crippen molar-refractivity contribution >= 4 is 6.03 Å². The molecule has 0 unspecified atom stereocenters. The van der Waals surface area contributed by atoms with Gasteiger partial charge in [-0.2, -0.15) is 0 Å². The zero-order valence-electron chi connectivity index (χ0n) is 7.95. The molecule has 4 nitrogen and oxygen atoms in total. The molecule has 0 saturated heterocycles. The minimum atomic E-state index is -0.0703. The average Bonchev–Trinajstić information content (AvgIpc) is 2.82. The van der Waals surface area contributed by atoms with E-state index in [1.807, 2.05) is 12.1 Å². The smallest absolute Gasteiger partial charge is 0.315 e. The monoisotopic (exact) mass is 194 g/mol. The minimum Gasteiger partial charge on any atom is -0.469 e. The summed E-state index contributed by atoms with van der Waals surface area (Å²) in [4.78, 5) is 11.2. The Labute approximate surface area is 82.7 Å². The lowest BCUT2D eigenvalue weighted by atomic mass is 10.3. The van der Waals surface area contributed by atoms with Crippen LogP contribution in [0.25, 0.3) is 0 Å². The molecule has 14 heavy (non-hydrogen) atoms. The zero-order chi connectivity index (χ0) is 9.80. The number of nitrogens with one attached hydrogen (secondary N) is 2. The maximum Gasteiger partial charge on any atom is 0.315 e. The fourth-order valence-corrected chi connectivity index (χ4v) is 1.22. The zero-order valence-corrected chi connectivity index (χ0v) is 7.95. The van der Waals surface area contributed by atoms with Crippen LogP contribution in [-0.2, 0) is 6.42 Å². The van der Waals surface area contributed by atoms with Gasteiger partial charge < -0.3 is 15.1 Å². The van der Waals surface area contributed by atoms with Crippen LogP contribution in [0.3, 0.4) is 0 Å². The molecule has 0 aliphatic heterocycles. The van der Waals surface area contributed by atoms with Crippen molar-refractivity contribution in [3.63, 3.8) is 0 Å². The summed E-state index contributed by atoms with van der Waals surface area (Å²) in [6.07, 6.45) is 4.61. The van der Waals surface area contributed by atoms with Crippen molar-refractivity contribution in [1.82, 2.24) is 10.6 Å². The normalized spacial score (nSPS) is 15.1. The summed E-state index contributed by atoms with van der Waals surface area (Å²) in [6, 6.07) is 4.10. The predicted octanol–water partition coefficient (Wildman–Crippen LogP) is 1.28. The fourth-order valence-electron chi connectivity index (χ4n) is 1.22. The van der Waals surface area contributed by atoms with E-state index in [9.17, 15) is 4.79 Å². The summed E-state index contributed by atoms with van der Waals surface area (Å²) in [5.74, 6) is 0.900. The molecule has 0 atom stereocenters. The van der Waals surface area contributed by atoms with E-state index in [4.69, 9.17) is 4.42 Å². The van der Waals surface area contributed by atoms with Crippen molar-refractivity contribution in [3.8, 4) is 0 Å². The maximum atomic E-state index is 11.2. The quantitative estimate of drug-likeness (QED) is 0.758. The molecule has 0 radical (unpaired) electrons. The van der Waals surface area contributed by atoms with Gasteiger partial charge in [0.1, 0.15) is 5.76 Å². The third-order valence-corrected chi connectivity index (χ3v) is 2.15. The van der Waals surface area contributed by atoms with Crippen LogP contribution in [0.1, 0.15) is 18.6 Å².